The zero-order chi connectivity index (χ0) is 22.0. The Balaban J connectivity index is 1.52. The molecule has 3 heterocycles. The molecule has 1 N–H and O–H groups in total. The Morgan fingerprint density at radius 2 is 1.90 bits per heavy atom. The number of anilines is 1. The molecule has 1 aromatic carbocycles. The number of aromatic nitrogens is 3. The molecule has 0 saturated carbocycles. The van der Waals surface area contributed by atoms with Gasteiger partial charge in [0.25, 0.3) is 5.56 Å². The standard InChI is InChI=1S/C22H27N5O3S/c1-15(10-11-16-8-4-3-5-9-16)23-17(28)14-27-19-18(20(29)25(2)22(27)30)31-21(24-19)26-12-6-7-13-26/h3-5,8-9,15H,6-7,10-14H2,1-2H3,(H,23,28)/t15-/m0/s1. The number of thiazole rings is 1. The predicted molar refractivity (Wildman–Crippen MR) is 123 cm³/mol. The molecule has 8 nitrogen and oxygen atoms in total. The molecule has 1 fully saturated rings. The van der Waals surface area contributed by atoms with Crippen molar-refractivity contribution in [3.63, 3.8) is 0 Å². The zero-order valence-corrected chi connectivity index (χ0v) is 18.7. The van der Waals surface area contributed by atoms with Crippen molar-refractivity contribution < 1.29 is 4.79 Å². The molecule has 1 atom stereocenters. The highest BCUT2D eigenvalue weighted by molar-refractivity contribution is 7.22. The van der Waals surface area contributed by atoms with Crippen molar-refractivity contribution in [2.45, 2.75) is 45.2 Å². The summed E-state index contributed by atoms with van der Waals surface area (Å²) in [4.78, 5) is 44.8. The molecule has 31 heavy (non-hydrogen) atoms. The second-order valence-electron chi connectivity index (χ2n) is 8.07. The van der Waals surface area contributed by atoms with Crippen LogP contribution in [-0.4, -0.2) is 39.2 Å². The van der Waals surface area contributed by atoms with E-state index in [1.165, 1.54) is 28.5 Å². The van der Waals surface area contributed by atoms with Crippen molar-refractivity contribution in [3.8, 4) is 0 Å². The molecule has 1 saturated heterocycles. The fraction of sp³-hybridized carbons (Fsp3) is 0.455. The maximum atomic E-state index is 12.8. The summed E-state index contributed by atoms with van der Waals surface area (Å²) in [5, 5.41) is 3.70. The Kier molecular flexibility index (Phi) is 6.22. The van der Waals surface area contributed by atoms with Gasteiger partial charge in [0.05, 0.1) is 0 Å². The van der Waals surface area contributed by atoms with E-state index in [2.05, 4.69) is 27.3 Å². The van der Waals surface area contributed by atoms with Crippen LogP contribution in [0.25, 0.3) is 10.3 Å². The number of hydrogen-bond donors (Lipinski definition) is 1. The highest BCUT2D eigenvalue weighted by Gasteiger charge is 2.22. The zero-order valence-electron chi connectivity index (χ0n) is 17.8. The number of amides is 1. The Hall–Kier alpha value is -2.94. The maximum Gasteiger partial charge on any atom is 0.332 e. The second-order valence-corrected chi connectivity index (χ2v) is 9.05. The average molecular weight is 442 g/mol. The molecule has 2 aromatic heterocycles. The Morgan fingerprint density at radius 3 is 2.61 bits per heavy atom. The SMILES string of the molecule is C[C@@H](CCc1ccccc1)NC(=O)Cn1c(=O)n(C)c(=O)c2sc(N3CCCC3)nc21. The summed E-state index contributed by atoms with van der Waals surface area (Å²) in [6.45, 7) is 3.57. The van der Waals surface area contributed by atoms with Gasteiger partial charge in [-0.15, -0.1) is 0 Å². The van der Waals surface area contributed by atoms with Gasteiger partial charge in [-0.3, -0.25) is 18.7 Å². The Morgan fingerprint density at radius 1 is 1.19 bits per heavy atom. The van der Waals surface area contributed by atoms with Gasteiger partial charge in [0.15, 0.2) is 10.8 Å². The average Bonchev–Trinajstić information content (AvgIpc) is 3.44. The number of carbonyl (C=O) groups excluding carboxylic acids is 1. The summed E-state index contributed by atoms with van der Waals surface area (Å²) in [5.74, 6) is -0.265. The number of nitrogens with zero attached hydrogens (tertiary/aromatic N) is 4. The van der Waals surface area contributed by atoms with Crippen LogP contribution in [0.1, 0.15) is 31.7 Å². The van der Waals surface area contributed by atoms with Crippen molar-refractivity contribution >= 4 is 32.7 Å². The van der Waals surface area contributed by atoms with E-state index in [1.807, 2.05) is 25.1 Å². The van der Waals surface area contributed by atoms with Gasteiger partial charge in [0.1, 0.15) is 11.2 Å². The van der Waals surface area contributed by atoms with E-state index >= 15 is 0 Å². The number of nitrogens with one attached hydrogen (secondary N) is 1. The van der Waals surface area contributed by atoms with Gasteiger partial charge >= 0.3 is 5.69 Å². The first-order valence-corrected chi connectivity index (χ1v) is 11.4. The lowest BCUT2D eigenvalue weighted by molar-refractivity contribution is -0.122. The molecule has 4 rings (SSSR count). The van der Waals surface area contributed by atoms with E-state index in [0.29, 0.717) is 10.3 Å². The largest absolute Gasteiger partial charge is 0.352 e. The van der Waals surface area contributed by atoms with Crippen LogP contribution >= 0.6 is 11.3 Å². The van der Waals surface area contributed by atoms with E-state index in [1.54, 1.807) is 0 Å². The number of carbonyl (C=O) groups is 1. The molecule has 0 aliphatic carbocycles. The number of aryl methyl sites for hydroxylation is 1. The van der Waals surface area contributed by atoms with Gasteiger partial charge in [-0.2, -0.15) is 0 Å². The van der Waals surface area contributed by atoms with Crippen molar-refractivity contribution in [3.05, 3.63) is 56.7 Å². The van der Waals surface area contributed by atoms with Gasteiger partial charge in [0.2, 0.25) is 5.91 Å². The van der Waals surface area contributed by atoms with Gasteiger partial charge in [-0.25, -0.2) is 9.78 Å². The summed E-state index contributed by atoms with van der Waals surface area (Å²) in [7, 11) is 1.44. The first-order valence-electron chi connectivity index (χ1n) is 10.6. The monoisotopic (exact) mass is 441 g/mol. The quantitative estimate of drug-likeness (QED) is 0.605. The van der Waals surface area contributed by atoms with E-state index < -0.39 is 5.69 Å². The highest BCUT2D eigenvalue weighted by Crippen LogP contribution is 2.28. The fourth-order valence-electron chi connectivity index (χ4n) is 3.88. The summed E-state index contributed by atoms with van der Waals surface area (Å²) < 4.78 is 2.78. The van der Waals surface area contributed by atoms with Crippen LogP contribution in [0.15, 0.2) is 39.9 Å². The van der Waals surface area contributed by atoms with E-state index in [9.17, 15) is 14.4 Å². The van der Waals surface area contributed by atoms with Gasteiger partial charge in [-0.05, 0) is 38.2 Å². The van der Waals surface area contributed by atoms with Crippen LogP contribution in [0.3, 0.4) is 0 Å². The van der Waals surface area contributed by atoms with Crippen LogP contribution in [0.4, 0.5) is 5.13 Å². The third kappa shape index (κ3) is 4.56. The molecule has 9 heteroatoms. The van der Waals surface area contributed by atoms with Crippen molar-refractivity contribution in [2.24, 2.45) is 7.05 Å². The lowest BCUT2D eigenvalue weighted by Crippen LogP contribution is -2.42. The smallest absolute Gasteiger partial charge is 0.332 e. The van der Waals surface area contributed by atoms with E-state index in [0.717, 1.165) is 48.5 Å². The van der Waals surface area contributed by atoms with Crippen LogP contribution in [0.2, 0.25) is 0 Å². The molecule has 1 aliphatic heterocycles. The highest BCUT2D eigenvalue weighted by atomic mass is 32.1. The molecule has 164 valence electrons. The van der Waals surface area contributed by atoms with Crippen molar-refractivity contribution in [2.75, 3.05) is 18.0 Å². The van der Waals surface area contributed by atoms with Crippen LogP contribution in [0, 0.1) is 0 Å². The summed E-state index contributed by atoms with van der Waals surface area (Å²) >= 11 is 1.29. The Labute approximate surface area is 184 Å². The van der Waals surface area contributed by atoms with Crippen LogP contribution in [-0.2, 0) is 24.8 Å². The third-order valence-corrected chi connectivity index (χ3v) is 6.76. The minimum atomic E-state index is -0.525. The molecular formula is C22H27N5O3S. The number of hydrogen-bond acceptors (Lipinski definition) is 6. The number of rotatable bonds is 7. The topological polar surface area (TPSA) is 89.2 Å². The molecule has 1 amide bonds. The molecule has 1 aliphatic rings. The molecule has 0 spiro atoms. The fourth-order valence-corrected chi connectivity index (χ4v) is 4.98. The first kappa shape index (κ1) is 21.3. The van der Waals surface area contributed by atoms with Gasteiger partial charge < -0.3 is 10.2 Å². The molecular weight excluding hydrogens is 414 g/mol. The van der Waals surface area contributed by atoms with Crippen molar-refractivity contribution in [1.29, 1.82) is 0 Å². The summed E-state index contributed by atoms with van der Waals surface area (Å²) in [6, 6.07) is 10.1. The second kappa shape index (κ2) is 9.05. The first-order chi connectivity index (χ1) is 14.9. The minimum Gasteiger partial charge on any atom is -0.352 e. The number of benzene rings is 1. The maximum absolute atomic E-state index is 12.8. The van der Waals surface area contributed by atoms with E-state index in [-0.39, 0.29) is 24.1 Å². The Bertz CT molecular complexity index is 1190. The third-order valence-electron chi connectivity index (χ3n) is 5.66. The van der Waals surface area contributed by atoms with Gasteiger partial charge in [0, 0.05) is 26.2 Å². The van der Waals surface area contributed by atoms with Crippen LogP contribution in [0.5, 0.6) is 0 Å². The lowest BCUT2D eigenvalue weighted by Gasteiger charge is -2.15. The predicted octanol–water partition coefficient (Wildman–Crippen LogP) is 1.89. The normalized spacial score (nSPS) is 14.8. The van der Waals surface area contributed by atoms with Crippen LogP contribution < -0.4 is 21.5 Å². The number of fused-ring (bicyclic) bond motifs is 1. The minimum absolute atomic E-state index is 0.0398. The van der Waals surface area contributed by atoms with E-state index in [4.69, 9.17) is 0 Å². The molecule has 0 radical (unpaired) electrons. The molecule has 0 unspecified atom stereocenters. The van der Waals surface area contributed by atoms with Crippen molar-refractivity contribution in [1.82, 2.24) is 19.4 Å². The summed E-state index contributed by atoms with van der Waals surface area (Å²) in [5.41, 5.74) is 0.627. The van der Waals surface area contributed by atoms with Gasteiger partial charge in [-0.1, -0.05) is 41.7 Å². The molecule has 3 aromatic rings. The molecule has 0 bridgehead atoms. The lowest BCUT2D eigenvalue weighted by atomic mass is 10.1. The summed E-state index contributed by atoms with van der Waals surface area (Å²) in [6.07, 6.45) is 3.83.